The monoisotopic (exact) mass is 350 g/mol. The first-order valence-corrected chi connectivity index (χ1v) is 9.65. The van der Waals surface area contributed by atoms with Crippen LogP contribution in [0.25, 0.3) is 0 Å². The van der Waals surface area contributed by atoms with E-state index in [4.69, 9.17) is 5.73 Å². The van der Waals surface area contributed by atoms with E-state index in [0.717, 1.165) is 12.0 Å². The fourth-order valence-electron chi connectivity index (χ4n) is 4.60. The van der Waals surface area contributed by atoms with Crippen molar-refractivity contribution in [2.45, 2.75) is 38.1 Å². The molecule has 0 heterocycles. The largest absolute Gasteiger partial charge is 0.366 e. The first-order chi connectivity index (χ1) is 12.6. The number of carbonyl (C=O) groups excluding carboxylic acids is 1. The number of carbonyl (C=O) groups is 1. The zero-order valence-corrected chi connectivity index (χ0v) is 15.9. The molecule has 3 heteroatoms. The molecule has 0 bridgehead atoms. The molecule has 1 amide bonds. The van der Waals surface area contributed by atoms with Crippen molar-refractivity contribution >= 4 is 5.91 Å². The second-order valence-corrected chi connectivity index (χ2v) is 7.83. The molecule has 1 unspecified atom stereocenters. The highest BCUT2D eigenvalue weighted by atomic mass is 16.1. The van der Waals surface area contributed by atoms with Gasteiger partial charge in [-0.3, -0.25) is 4.79 Å². The SMILES string of the molecule is CN(C)C(c1ccccc1)C1CCC(Cc2ccccc2C(N)=O)CC1. The van der Waals surface area contributed by atoms with Crippen LogP contribution in [0.1, 0.15) is 53.2 Å². The molecule has 0 spiro atoms. The van der Waals surface area contributed by atoms with Gasteiger partial charge in [0.15, 0.2) is 0 Å². The molecule has 138 valence electrons. The highest BCUT2D eigenvalue weighted by Gasteiger charge is 2.30. The lowest BCUT2D eigenvalue weighted by Gasteiger charge is -2.37. The van der Waals surface area contributed by atoms with Crippen molar-refractivity contribution in [1.29, 1.82) is 0 Å². The second kappa shape index (κ2) is 8.50. The van der Waals surface area contributed by atoms with E-state index in [0.29, 0.717) is 23.4 Å². The first kappa shape index (κ1) is 18.7. The van der Waals surface area contributed by atoms with Gasteiger partial charge < -0.3 is 10.6 Å². The van der Waals surface area contributed by atoms with Crippen LogP contribution in [0.15, 0.2) is 54.6 Å². The zero-order valence-electron chi connectivity index (χ0n) is 15.9. The molecule has 2 aromatic rings. The summed E-state index contributed by atoms with van der Waals surface area (Å²) >= 11 is 0. The minimum Gasteiger partial charge on any atom is -0.366 e. The van der Waals surface area contributed by atoms with Crippen LogP contribution in [0.4, 0.5) is 0 Å². The standard InChI is InChI=1S/C23H30N2O/c1-25(2)22(18-8-4-3-5-9-18)19-14-12-17(13-15-19)16-20-10-6-7-11-21(20)23(24)26/h3-11,17,19,22H,12-16H2,1-2H3,(H2,24,26). The number of amides is 1. The average molecular weight is 351 g/mol. The molecule has 3 rings (SSSR count). The van der Waals surface area contributed by atoms with Gasteiger partial charge in [-0.1, -0.05) is 48.5 Å². The third-order valence-corrected chi connectivity index (χ3v) is 5.83. The van der Waals surface area contributed by atoms with Crippen LogP contribution in [-0.2, 0) is 6.42 Å². The summed E-state index contributed by atoms with van der Waals surface area (Å²) in [5, 5.41) is 0. The highest BCUT2D eigenvalue weighted by molar-refractivity contribution is 5.94. The molecule has 26 heavy (non-hydrogen) atoms. The molecular formula is C23H30N2O. The van der Waals surface area contributed by atoms with Crippen molar-refractivity contribution < 1.29 is 4.79 Å². The Bertz CT molecular complexity index is 718. The maximum absolute atomic E-state index is 11.7. The van der Waals surface area contributed by atoms with Gasteiger partial charge in [-0.15, -0.1) is 0 Å². The molecule has 2 N–H and O–H groups in total. The number of rotatable bonds is 6. The Balaban J connectivity index is 1.65. The Kier molecular flexibility index (Phi) is 6.10. The van der Waals surface area contributed by atoms with Crippen LogP contribution in [0.5, 0.6) is 0 Å². The molecule has 1 fully saturated rings. The van der Waals surface area contributed by atoms with E-state index in [9.17, 15) is 4.79 Å². The Morgan fingerprint density at radius 2 is 1.62 bits per heavy atom. The van der Waals surface area contributed by atoms with Crippen molar-refractivity contribution in [3.63, 3.8) is 0 Å². The van der Waals surface area contributed by atoms with E-state index in [1.807, 2.05) is 18.2 Å². The third-order valence-electron chi connectivity index (χ3n) is 5.83. The Hall–Kier alpha value is -2.13. The van der Waals surface area contributed by atoms with Gasteiger partial charge in [0.2, 0.25) is 5.91 Å². The Labute approximate surface area is 157 Å². The van der Waals surface area contributed by atoms with Crippen molar-refractivity contribution in [1.82, 2.24) is 4.90 Å². The van der Waals surface area contributed by atoms with Crippen LogP contribution in [0.3, 0.4) is 0 Å². The minimum absolute atomic E-state index is 0.314. The quantitative estimate of drug-likeness (QED) is 0.837. The number of hydrogen-bond acceptors (Lipinski definition) is 2. The van der Waals surface area contributed by atoms with Gasteiger partial charge in [-0.25, -0.2) is 0 Å². The minimum atomic E-state index is -0.314. The van der Waals surface area contributed by atoms with Crippen LogP contribution < -0.4 is 5.73 Å². The Morgan fingerprint density at radius 3 is 2.23 bits per heavy atom. The van der Waals surface area contributed by atoms with Crippen molar-refractivity contribution in [3.05, 3.63) is 71.3 Å². The number of primary amides is 1. The van der Waals surface area contributed by atoms with E-state index in [1.54, 1.807) is 0 Å². The van der Waals surface area contributed by atoms with E-state index in [1.165, 1.54) is 31.2 Å². The lowest BCUT2D eigenvalue weighted by atomic mass is 9.74. The number of nitrogens with zero attached hydrogens (tertiary/aromatic N) is 1. The normalized spacial score (nSPS) is 21.5. The summed E-state index contributed by atoms with van der Waals surface area (Å²) in [4.78, 5) is 14.0. The van der Waals surface area contributed by atoms with Gasteiger partial charge in [0, 0.05) is 11.6 Å². The van der Waals surface area contributed by atoms with Crippen LogP contribution in [0, 0.1) is 11.8 Å². The summed E-state index contributed by atoms with van der Waals surface area (Å²) in [6.07, 6.45) is 5.87. The summed E-state index contributed by atoms with van der Waals surface area (Å²) in [5.74, 6) is 1.02. The van der Waals surface area contributed by atoms with E-state index in [-0.39, 0.29) is 5.91 Å². The van der Waals surface area contributed by atoms with E-state index < -0.39 is 0 Å². The molecule has 0 aromatic heterocycles. The fraction of sp³-hybridized carbons (Fsp3) is 0.435. The van der Waals surface area contributed by atoms with Gasteiger partial charge in [0.05, 0.1) is 0 Å². The fourth-order valence-corrected chi connectivity index (χ4v) is 4.60. The predicted molar refractivity (Wildman–Crippen MR) is 107 cm³/mol. The molecule has 3 nitrogen and oxygen atoms in total. The molecule has 1 saturated carbocycles. The number of benzene rings is 2. The molecule has 1 aliphatic rings. The molecular weight excluding hydrogens is 320 g/mol. The second-order valence-electron chi connectivity index (χ2n) is 7.83. The van der Waals surface area contributed by atoms with Crippen molar-refractivity contribution in [2.75, 3.05) is 14.1 Å². The van der Waals surface area contributed by atoms with Crippen LogP contribution >= 0.6 is 0 Å². The molecule has 1 atom stereocenters. The van der Waals surface area contributed by atoms with Gasteiger partial charge in [-0.2, -0.15) is 0 Å². The van der Waals surface area contributed by atoms with Gasteiger partial charge >= 0.3 is 0 Å². The lowest BCUT2D eigenvalue weighted by Crippen LogP contribution is -2.30. The maximum Gasteiger partial charge on any atom is 0.248 e. The van der Waals surface area contributed by atoms with Gasteiger partial charge in [-0.05, 0) is 75.2 Å². The molecule has 0 radical (unpaired) electrons. The summed E-state index contributed by atoms with van der Waals surface area (Å²) in [6.45, 7) is 0. The van der Waals surface area contributed by atoms with Gasteiger partial charge in [0.25, 0.3) is 0 Å². The molecule has 1 aliphatic carbocycles. The zero-order chi connectivity index (χ0) is 18.5. The van der Waals surface area contributed by atoms with E-state index in [2.05, 4.69) is 55.4 Å². The molecule has 2 aromatic carbocycles. The Morgan fingerprint density at radius 1 is 1.00 bits per heavy atom. The van der Waals surface area contributed by atoms with Crippen LogP contribution in [-0.4, -0.2) is 24.9 Å². The van der Waals surface area contributed by atoms with Crippen molar-refractivity contribution in [3.8, 4) is 0 Å². The summed E-state index contributed by atoms with van der Waals surface area (Å²) < 4.78 is 0. The predicted octanol–water partition coefficient (Wildman–Crippen LogP) is 4.44. The van der Waals surface area contributed by atoms with Gasteiger partial charge in [0.1, 0.15) is 0 Å². The van der Waals surface area contributed by atoms with Crippen LogP contribution in [0.2, 0.25) is 0 Å². The highest BCUT2D eigenvalue weighted by Crippen LogP contribution is 2.40. The first-order valence-electron chi connectivity index (χ1n) is 9.65. The molecule has 0 aliphatic heterocycles. The number of nitrogens with two attached hydrogens (primary N) is 1. The maximum atomic E-state index is 11.7. The summed E-state index contributed by atoms with van der Waals surface area (Å²) in [6, 6.07) is 19.1. The van der Waals surface area contributed by atoms with E-state index >= 15 is 0 Å². The summed E-state index contributed by atoms with van der Waals surface area (Å²) in [5.41, 5.74) is 8.74. The number of hydrogen-bond donors (Lipinski definition) is 1. The topological polar surface area (TPSA) is 46.3 Å². The average Bonchev–Trinajstić information content (AvgIpc) is 2.64. The third kappa shape index (κ3) is 4.34. The van der Waals surface area contributed by atoms with Crippen molar-refractivity contribution in [2.24, 2.45) is 17.6 Å². The smallest absolute Gasteiger partial charge is 0.248 e. The molecule has 0 saturated heterocycles. The summed E-state index contributed by atoms with van der Waals surface area (Å²) in [7, 11) is 4.37. The lowest BCUT2D eigenvalue weighted by molar-refractivity contribution is 0.0998.